The minimum Gasteiger partial charge on any atom is -0.497 e. The molecule has 2 aromatic carbocycles. The predicted molar refractivity (Wildman–Crippen MR) is 94.3 cm³/mol. The summed E-state index contributed by atoms with van der Waals surface area (Å²) in [6.07, 6.45) is -0.122. The molecule has 0 aromatic heterocycles. The fraction of sp³-hybridized carbons (Fsp3) is 0.278. The maximum Gasteiger partial charge on any atom is 0.265 e. The minimum absolute atomic E-state index is 0.265. The van der Waals surface area contributed by atoms with Crippen molar-refractivity contribution < 1.29 is 19.0 Å². The lowest BCUT2D eigenvalue weighted by Gasteiger charge is -2.18. The molecule has 128 valence electrons. The molecule has 1 N–H and O–H groups in total. The largest absolute Gasteiger partial charge is 0.497 e. The van der Waals surface area contributed by atoms with Gasteiger partial charge in [0, 0.05) is 11.1 Å². The molecule has 24 heavy (non-hydrogen) atoms. The van der Waals surface area contributed by atoms with Crippen LogP contribution in [0.15, 0.2) is 42.5 Å². The van der Waals surface area contributed by atoms with Gasteiger partial charge in [0.1, 0.15) is 17.2 Å². The first-order valence-corrected chi connectivity index (χ1v) is 7.90. The number of carbonyl (C=O) groups excluding carboxylic acids is 1. The first-order chi connectivity index (χ1) is 11.6. The van der Waals surface area contributed by atoms with Gasteiger partial charge in [0.15, 0.2) is 6.10 Å². The van der Waals surface area contributed by atoms with Crippen LogP contribution in [-0.4, -0.2) is 26.2 Å². The van der Waals surface area contributed by atoms with Gasteiger partial charge in [-0.25, -0.2) is 0 Å². The minimum atomic E-state index is -0.637. The van der Waals surface area contributed by atoms with Gasteiger partial charge in [0.2, 0.25) is 0 Å². The van der Waals surface area contributed by atoms with Crippen LogP contribution in [0.1, 0.15) is 13.3 Å². The SMILES string of the molecule is CC[C@H](Oc1ccc(Cl)cc1)C(=O)Nc1cc(OC)ccc1OC. The molecule has 0 heterocycles. The van der Waals surface area contributed by atoms with Gasteiger partial charge in [-0.05, 0) is 42.8 Å². The third-order valence-electron chi connectivity index (χ3n) is 3.42. The molecule has 1 atom stereocenters. The van der Waals surface area contributed by atoms with Gasteiger partial charge in [-0.3, -0.25) is 4.79 Å². The molecule has 5 nitrogen and oxygen atoms in total. The van der Waals surface area contributed by atoms with Crippen molar-refractivity contribution in [1.29, 1.82) is 0 Å². The van der Waals surface area contributed by atoms with Crippen molar-refractivity contribution in [3.8, 4) is 17.2 Å². The van der Waals surface area contributed by atoms with Gasteiger partial charge in [-0.1, -0.05) is 18.5 Å². The highest BCUT2D eigenvalue weighted by molar-refractivity contribution is 6.30. The molecule has 0 aliphatic carbocycles. The van der Waals surface area contributed by atoms with Gasteiger partial charge < -0.3 is 19.5 Å². The van der Waals surface area contributed by atoms with E-state index in [2.05, 4.69) is 5.32 Å². The third kappa shape index (κ3) is 4.55. The zero-order valence-electron chi connectivity index (χ0n) is 13.8. The topological polar surface area (TPSA) is 56.8 Å². The van der Waals surface area contributed by atoms with Gasteiger partial charge >= 0.3 is 0 Å². The number of anilines is 1. The number of benzene rings is 2. The highest BCUT2D eigenvalue weighted by atomic mass is 35.5. The summed E-state index contributed by atoms with van der Waals surface area (Å²) in [4.78, 5) is 12.5. The summed E-state index contributed by atoms with van der Waals surface area (Å²) in [6, 6.07) is 12.1. The number of hydrogen-bond acceptors (Lipinski definition) is 4. The molecule has 0 aliphatic heterocycles. The average Bonchev–Trinajstić information content (AvgIpc) is 2.61. The molecule has 1 amide bonds. The smallest absolute Gasteiger partial charge is 0.265 e. The number of ether oxygens (including phenoxy) is 3. The van der Waals surface area contributed by atoms with Crippen molar-refractivity contribution in [2.75, 3.05) is 19.5 Å². The van der Waals surface area contributed by atoms with E-state index in [0.29, 0.717) is 34.4 Å². The van der Waals surface area contributed by atoms with E-state index < -0.39 is 6.10 Å². The summed E-state index contributed by atoms with van der Waals surface area (Å²) in [7, 11) is 3.10. The number of nitrogens with one attached hydrogen (secondary N) is 1. The number of hydrogen-bond donors (Lipinski definition) is 1. The molecular formula is C18H20ClNO4. The second-order valence-corrected chi connectivity index (χ2v) is 5.46. The predicted octanol–water partition coefficient (Wildman–Crippen LogP) is 4.15. The van der Waals surface area contributed by atoms with Crippen LogP contribution < -0.4 is 19.5 Å². The highest BCUT2D eigenvalue weighted by Crippen LogP contribution is 2.29. The van der Waals surface area contributed by atoms with Crippen LogP contribution in [0.4, 0.5) is 5.69 Å². The van der Waals surface area contributed by atoms with E-state index in [4.69, 9.17) is 25.8 Å². The van der Waals surface area contributed by atoms with Gasteiger partial charge in [-0.15, -0.1) is 0 Å². The quantitative estimate of drug-likeness (QED) is 0.815. The van der Waals surface area contributed by atoms with Crippen LogP contribution in [0.2, 0.25) is 5.02 Å². The van der Waals surface area contributed by atoms with Crippen LogP contribution >= 0.6 is 11.6 Å². The number of amides is 1. The Kier molecular flexibility index (Phi) is 6.32. The van der Waals surface area contributed by atoms with Crippen LogP contribution in [0.25, 0.3) is 0 Å². The highest BCUT2D eigenvalue weighted by Gasteiger charge is 2.20. The van der Waals surface area contributed by atoms with Gasteiger partial charge in [-0.2, -0.15) is 0 Å². The summed E-state index contributed by atoms with van der Waals surface area (Å²) >= 11 is 5.85. The maximum atomic E-state index is 12.5. The first-order valence-electron chi connectivity index (χ1n) is 7.52. The van der Waals surface area contributed by atoms with Crippen molar-refractivity contribution in [2.45, 2.75) is 19.4 Å². The summed E-state index contributed by atoms with van der Waals surface area (Å²) in [5.41, 5.74) is 0.528. The molecule has 0 bridgehead atoms. The Morgan fingerprint density at radius 2 is 1.75 bits per heavy atom. The van der Waals surface area contributed by atoms with E-state index in [1.165, 1.54) is 0 Å². The molecular weight excluding hydrogens is 330 g/mol. The van der Waals surface area contributed by atoms with E-state index in [9.17, 15) is 4.79 Å². The normalized spacial score (nSPS) is 11.5. The van der Waals surface area contributed by atoms with E-state index in [1.54, 1.807) is 56.7 Å². The Morgan fingerprint density at radius 3 is 2.33 bits per heavy atom. The molecule has 0 fully saturated rings. The molecule has 2 aromatic rings. The maximum absolute atomic E-state index is 12.5. The summed E-state index contributed by atoms with van der Waals surface area (Å²) in [6.45, 7) is 1.88. The number of halogens is 1. The Morgan fingerprint density at radius 1 is 1.08 bits per heavy atom. The fourth-order valence-electron chi connectivity index (χ4n) is 2.12. The molecule has 0 saturated carbocycles. The monoisotopic (exact) mass is 349 g/mol. The van der Waals surface area contributed by atoms with Crippen molar-refractivity contribution in [3.05, 3.63) is 47.5 Å². The second-order valence-electron chi connectivity index (χ2n) is 5.02. The Balaban J connectivity index is 2.12. The van der Waals surface area contributed by atoms with Gasteiger partial charge in [0.25, 0.3) is 5.91 Å². The Bertz CT molecular complexity index is 688. The number of carbonyl (C=O) groups is 1. The van der Waals surface area contributed by atoms with Crippen molar-refractivity contribution in [3.63, 3.8) is 0 Å². The molecule has 2 rings (SSSR count). The third-order valence-corrected chi connectivity index (χ3v) is 3.67. The van der Waals surface area contributed by atoms with E-state index in [0.717, 1.165) is 0 Å². The summed E-state index contributed by atoms with van der Waals surface area (Å²) in [5.74, 6) is 1.49. The molecule has 0 radical (unpaired) electrons. The Hall–Kier alpha value is -2.40. The molecule has 0 spiro atoms. The zero-order chi connectivity index (χ0) is 17.5. The molecule has 6 heteroatoms. The zero-order valence-corrected chi connectivity index (χ0v) is 14.6. The second kappa shape index (κ2) is 8.45. The lowest BCUT2D eigenvalue weighted by atomic mass is 10.2. The molecule has 0 saturated heterocycles. The first kappa shape index (κ1) is 17.9. The van der Waals surface area contributed by atoms with Crippen LogP contribution in [-0.2, 0) is 4.79 Å². The Labute approximate surface area is 146 Å². The van der Waals surface area contributed by atoms with Crippen molar-refractivity contribution in [2.24, 2.45) is 0 Å². The van der Waals surface area contributed by atoms with E-state index in [-0.39, 0.29) is 5.91 Å². The van der Waals surface area contributed by atoms with E-state index in [1.807, 2.05) is 6.92 Å². The number of methoxy groups -OCH3 is 2. The lowest BCUT2D eigenvalue weighted by molar-refractivity contribution is -0.122. The molecule has 0 aliphatic rings. The van der Waals surface area contributed by atoms with Crippen molar-refractivity contribution in [1.82, 2.24) is 0 Å². The average molecular weight is 350 g/mol. The van der Waals surface area contributed by atoms with Crippen LogP contribution in [0, 0.1) is 0 Å². The summed E-state index contributed by atoms with van der Waals surface area (Å²) in [5, 5.41) is 3.44. The molecule has 0 unspecified atom stereocenters. The lowest BCUT2D eigenvalue weighted by Crippen LogP contribution is -2.32. The van der Waals surface area contributed by atoms with E-state index >= 15 is 0 Å². The summed E-state index contributed by atoms with van der Waals surface area (Å²) < 4.78 is 16.2. The van der Waals surface area contributed by atoms with Crippen LogP contribution in [0.3, 0.4) is 0 Å². The van der Waals surface area contributed by atoms with Gasteiger partial charge in [0.05, 0.1) is 19.9 Å². The standard InChI is InChI=1S/C18H20ClNO4/c1-4-16(24-13-7-5-12(19)6-8-13)18(21)20-15-11-14(22-2)9-10-17(15)23-3/h5-11,16H,4H2,1-3H3,(H,20,21)/t16-/m0/s1. The fourth-order valence-corrected chi connectivity index (χ4v) is 2.25. The van der Waals surface area contributed by atoms with Crippen molar-refractivity contribution >= 4 is 23.2 Å². The number of rotatable bonds is 7. The van der Waals surface area contributed by atoms with Crippen LogP contribution in [0.5, 0.6) is 17.2 Å².